The van der Waals surface area contributed by atoms with E-state index >= 15 is 0 Å². The molecule has 18 heavy (non-hydrogen) atoms. The normalized spacial score (nSPS) is 17.8. The number of thiophene rings is 1. The lowest BCUT2D eigenvalue weighted by Crippen LogP contribution is -2.30. The Kier molecular flexibility index (Phi) is 5.20. The number of hydrogen-bond donors (Lipinski definition) is 2. The van der Waals surface area contributed by atoms with E-state index in [4.69, 9.17) is 0 Å². The van der Waals surface area contributed by atoms with Gasteiger partial charge in [0.25, 0.3) is 0 Å². The molecule has 100 valence electrons. The maximum absolute atomic E-state index is 11.3. The molecule has 1 amide bonds. The van der Waals surface area contributed by atoms with Crippen molar-refractivity contribution in [3.05, 3.63) is 22.4 Å². The molecule has 0 saturated heterocycles. The van der Waals surface area contributed by atoms with Gasteiger partial charge in [0, 0.05) is 30.9 Å². The number of nitrogens with one attached hydrogen (secondary N) is 2. The third-order valence-corrected chi connectivity index (χ3v) is 4.67. The van der Waals surface area contributed by atoms with Crippen LogP contribution in [0.3, 0.4) is 0 Å². The van der Waals surface area contributed by atoms with Gasteiger partial charge < -0.3 is 10.6 Å². The van der Waals surface area contributed by atoms with Crippen molar-refractivity contribution < 1.29 is 4.79 Å². The van der Waals surface area contributed by atoms with Crippen molar-refractivity contribution in [2.24, 2.45) is 5.92 Å². The summed E-state index contributed by atoms with van der Waals surface area (Å²) in [6.07, 6.45) is 5.89. The summed E-state index contributed by atoms with van der Waals surface area (Å²) in [6.45, 7) is 0.763. The first kappa shape index (κ1) is 13.6. The second-order valence-electron chi connectivity index (χ2n) is 4.91. The highest BCUT2D eigenvalue weighted by molar-refractivity contribution is 7.10. The molecule has 1 heterocycles. The fourth-order valence-electron chi connectivity index (χ4n) is 2.72. The molecule has 4 heteroatoms. The van der Waals surface area contributed by atoms with Crippen LogP contribution in [0.4, 0.5) is 0 Å². The van der Waals surface area contributed by atoms with Crippen LogP contribution >= 0.6 is 11.3 Å². The van der Waals surface area contributed by atoms with E-state index in [9.17, 15) is 4.79 Å². The summed E-state index contributed by atoms with van der Waals surface area (Å²) in [7, 11) is 1.69. The van der Waals surface area contributed by atoms with E-state index in [0.29, 0.717) is 12.5 Å². The summed E-state index contributed by atoms with van der Waals surface area (Å²) >= 11 is 1.82. The quantitative estimate of drug-likeness (QED) is 0.831. The maximum atomic E-state index is 11.3. The van der Waals surface area contributed by atoms with Gasteiger partial charge in [-0.25, -0.2) is 0 Å². The van der Waals surface area contributed by atoms with Gasteiger partial charge in [-0.2, -0.15) is 0 Å². The molecule has 1 aliphatic carbocycles. The Morgan fingerprint density at radius 2 is 2.28 bits per heavy atom. The van der Waals surface area contributed by atoms with E-state index in [1.165, 1.54) is 30.6 Å². The van der Waals surface area contributed by atoms with Gasteiger partial charge in [0.05, 0.1) is 0 Å². The standard InChI is InChI=1S/C14H22N2OS/c1-15-13(17)8-9-16-14(11-5-2-3-6-11)12-7-4-10-18-12/h4,7,10-11,14,16H,2-3,5-6,8-9H2,1H3,(H,15,17). The van der Waals surface area contributed by atoms with Crippen LogP contribution in [0.2, 0.25) is 0 Å². The van der Waals surface area contributed by atoms with E-state index < -0.39 is 0 Å². The van der Waals surface area contributed by atoms with Crippen LogP contribution in [0.1, 0.15) is 43.0 Å². The van der Waals surface area contributed by atoms with Crippen LogP contribution in [0.15, 0.2) is 17.5 Å². The molecule has 1 aromatic rings. The maximum Gasteiger partial charge on any atom is 0.221 e. The summed E-state index contributed by atoms with van der Waals surface area (Å²) in [6, 6.07) is 4.76. The lowest BCUT2D eigenvalue weighted by atomic mass is 9.96. The minimum absolute atomic E-state index is 0.110. The third-order valence-electron chi connectivity index (χ3n) is 3.72. The molecule has 1 atom stereocenters. The van der Waals surface area contributed by atoms with Crippen molar-refractivity contribution in [3.8, 4) is 0 Å². The van der Waals surface area contributed by atoms with Crippen LogP contribution in [0.25, 0.3) is 0 Å². The zero-order chi connectivity index (χ0) is 12.8. The predicted octanol–water partition coefficient (Wildman–Crippen LogP) is 2.71. The lowest BCUT2D eigenvalue weighted by Gasteiger charge is -2.23. The predicted molar refractivity (Wildman–Crippen MR) is 75.7 cm³/mol. The number of amides is 1. The lowest BCUT2D eigenvalue weighted by molar-refractivity contribution is -0.120. The average Bonchev–Trinajstić information content (AvgIpc) is 3.06. The summed E-state index contributed by atoms with van der Waals surface area (Å²) in [5.74, 6) is 0.854. The highest BCUT2D eigenvalue weighted by Crippen LogP contribution is 2.37. The second kappa shape index (κ2) is 6.90. The van der Waals surface area contributed by atoms with Crippen molar-refractivity contribution in [3.63, 3.8) is 0 Å². The SMILES string of the molecule is CNC(=O)CCNC(c1cccs1)C1CCCC1. The summed E-state index contributed by atoms with van der Waals surface area (Å²) < 4.78 is 0. The molecule has 0 spiro atoms. The van der Waals surface area contributed by atoms with Gasteiger partial charge in [-0.05, 0) is 30.2 Å². The highest BCUT2D eigenvalue weighted by Gasteiger charge is 2.26. The molecule has 1 aromatic heterocycles. The molecule has 1 unspecified atom stereocenters. The fraction of sp³-hybridized carbons (Fsp3) is 0.643. The summed E-state index contributed by atoms with van der Waals surface area (Å²) in [5.41, 5.74) is 0. The van der Waals surface area contributed by atoms with Crippen LogP contribution in [0, 0.1) is 5.92 Å². The molecule has 1 aliphatic rings. The van der Waals surface area contributed by atoms with Crippen molar-refractivity contribution in [1.29, 1.82) is 0 Å². The van der Waals surface area contributed by atoms with Crippen molar-refractivity contribution in [2.75, 3.05) is 13.6 Å². The Morgan fingerprint density at radius 1 is 1.50 bits per heavy atom. The average molecular weight is 266 g/mol. The van der Waals surface area contributed by atoms with Gasteiger partial charge in [-0.1, -0.05) is 18.9 Å². The number of carbonyl (C=O) groups is 1. The molecule has 3 nitrogen and oxygen atoms in total. The molecule has 1 fully saturated rings. The van der Waals surface area contributed by atoms with Crippen LogP contribution in [-0.4, -0.2) is 19.5 Å². The molecule has 2 N–H and O–H groups in total. The Bertz CT molecular complexity index is 358. The topological polar surface area (TPSA) is 41.1 Å². The Labute approximate surface area is 113 Å². The van der Waals surface area contributed by atoms with Crippen molar-refractivity contribution in [2.45, 2.75) is 38.1 Å². The Hall–Kier alpha value is -0.870. The van der Waals surface area contributed by atoms with Crippen LogP contribution in [0.5, 0.6) is 0 Å². The molecule has 0 aliphatic heterocycles. The van der Waals surface area contributed by atoms with Gasteiger partial charge in [0.2, 0.25) is 5.91 Å². The summed E-state index contributed by atoms with van der Waals surface area (Å²) in [5, 5.41) is 8.38. The van der Waals surface area contributed by atoms with Crippen molar-refractivity contribution >= 4 is 17.2 Å². The minimum atomic E-state index is 0.110. The number of carbonyl (C=O) groups excluding carboxylic acids is 1. The van der Waals surface area contributed by atoms with Gasteiger partial charge in [-0.3, -0.25) is 4.79 Å². The van der Waals surface area contributed by atoms with Gasteiger partial charge in [0.1, 0.15) is 0 Å². The van der Waals surface area contributed by atoms with Gasteiger partial charge >= 0.3 is 0 Å². The highest BCUT2D eigenvalue weighted by atomic mass is 32.1. The number of rotatable bonds is 6. The number of hydrogen-bond acceptors (Lipinski definition) is 3. The largest absolute Gasteiger partial charge is 0.359 e. The van der Waals surface area contributed by atoms with E-state index in [0.717, 1.165) is 12.5 Å². The first-order chi connectivity index (χ1) is 8.81. The van der Waals surface area contributed by atoms with Gasteiger partial charge in [0.15, 0.2) is 0 Å². The van der Waals surface area contributed by atoms with E-state index in [1.54, 1.807) is 7.05 Å². The van der Waals surface area contributed by atoms with Crippen LogP contribution in [-0.2, 0) is 4.79 Å². The first-order valence-corrected chi connectivity index (χ1v) is 7.66. The molecular weight excluding hydrogens is 244 g/mol. The molecule has 2 rings (SSSR count). The molecule has 0 aromatic carbocycles. The third kappa shape index (κ3) is 3.56. The van der Waals surface area contributed by atoms with E-state index in [2.05, 4.69) is 28.1 Å². The smallest absolute Gasteiger partial charge is 0.221 e. The zero-order valence-corrected chi connectivity index (χ0v) is 11.8. The van der Waals surface area contributed by atoms with Gasteiger partial charge in [-0.15, -0.1) is 11.3 Å². The zero-order valence-electron chi connectivity index (χ0n) is 10.9. The molecular formula is C14H22N2OS. The minimum Gasteiger partial charge on any atom is -0.359 e. The molecule has 0 bridgehead atoms. The Balaban J connectivity index is 1.90. The van der Waals surface area contributed by atoms with E-state index in [1.807, 2.05) is 11.3 Å². The molecule has 0 radical (unpaired) electrons. The first-order valence-electron chi connectivity index (χ1n) is 6.78. The summed E-state index contributed by atoms with van der Waals surface area (Å²) in [4.78, 5) is 12.7. The monoisotopic (exact) mass is 266 g/mol. The van der Waals surface area contributed by atoms with Crippen molar-refractivity contribution in [1.82, 2.24) is 10.6 Å². The second-order valence-corrected chi connectivity index (χ2v) is 5.89. The Morgan fingerprint density at radius 3 is 2.89 bits per heavy atom. The van der Waals surface area contributed by atoms with E-state index in [-0.39, 0.29) is 5.91 Å². The molecule has 1 saturated carbocycles. The van der Waals surface area contributed by atoms with Crippen LogP contribution < -0.4 is 10.6 Å². The fourth-order valence-corrected chi connectivity index (χ4v) is 3.62.